The van der Waals surface area contributed by atoms with Crippen LogP contribution in [0.4, 0.5) is 0 Å². The Labute approximate surface area is 167 Å². The molecular weight excluding hydrogens is 344 g/mol. The van der Waals surface area contributed by atoms with Gasteiger partial charge in [0, 0.05) is 25.7 Å². The summed E-state index contributed by atoms with van der Waals surface area (Å²) in [4.78, 5) is 15.1. The Hall–Kier alpha value is -2.65. The number of likely N-dealkylation sites (tertiary alicyclic amines) is 1. The van der Waals surface area contributed by atoms with Gasteiger partial charge in [-0.1, -0.05) is 72.8 Å². The topological polar surface area (TPSA) is 32.3 Å². The summed E-state index contributed by atoms with van der Waals surface area (Å²) in [5.41, 5.74) is 2.50. The minimum absolute atomic E-state index is 0.138. The van der Waals surface area contributed by atoms with Crippen molar-refractivity contribution in [1.82, 2.24) is 10.2 Å². The Morgan fingerprint density at radius 1 is 0.893 bits per heavy atom. The molecule has 0 radical (unpaired) electrons. The molecule has 144 valence electrons. The molecule has 1 N–H and O–H groups in total. The van der Waals surface area contributed by atoms with Crippen molar-refractivity contribution in [3.63, 3.8) is 0 Å². The van der Waals surface area contributed by atoms with Gasteiger partial charge in [-0.2, -0.15) is 0 Å². The molecule has 3 nitrogen and oxygen atoms in total. The van der Waals surface area contributed by atoms with Crippen LogP contribution in [0.25, 0.3) is 10.8 Å². The first-order valence-electron chi connectivity index (χ1n) is 10.3. The molecule has 1 amide bonds. The number of hydrogen-bond acceptors (Lipinski definition) is 2. The minimum Gasteiger partial charge on any atom is -0.353 e. The highest BCUT2D eigenvalue weighted by atomic mass is 16.1. The second-order valence-electron chi connectivity index (χ2n) is 7.73. The van der Waals surface area contributed by atoms with E-state index in [4.69, 9.17) is 0 Å². The minimum atomic E-state index is 0.138. The number of piperidine rings is 1. The Morgan fingerprint density at radius 3 is 2.43 bits per heavy atom. The first-order chi connectivity index (χ1) is 13.8. The van der Waals surface area contributed by atoms with E-state index in [1.165, 1.54) is 16.3 Å². The zero-order chi connectivity index (χ0) is 19.2. The van der Waals surface area contributed by atoms with E-state index in [0.717, 1.165) is 44.5 Å². The molecule has 1 aliphatic rings. The Morgan fingerprint density at radius 2 is 1.61 bits per heavy atom. The number of nitrogens with one attached hydrogen (secondary N) is 1. The molecule has 0 aromatic heterocycles. The highest BCUT2D eigenvalue weighted by molar-refractivity contribution is 5.90. The van der Waals surface area contributed by atoms with Gasteiger partial charge in [-0.3, -0.25) is 4.79 Å². The van der Waals surface area contributed by atoms with Crippen LogP contribution in [0.3, 0.4) is 0 Å². The maximum absolute atomic E-state index is 12.6. The molecule has 1 aliphatic heterocycles. The normalized spacial score (nSPS) is 15.6. The van der Waals surface area contributed by atoms with Gasteiger partial charge in [0.05, 0.1) is 6.42 Å². The molecule has 28 heavy (non-hydrogen) atoms. The van der Waals surface area contributed by atoms with Crippen LogP contribution in [0.2, 0.25) is 0 Å². The monoisotopic (exact) mass is 372 g/mol. The lowest BCUT2D eigenvalue weighted by Crippen LogP contribution is -2.45. The van der Waals surface area contributed by atoms with Crippen molar-refractivity contribution in [2.45, 2.75) is 31.7 Å². The number of nitrogens with zero attached hydrogens (tertiary/aromatic N) is 1. The third-order valence-corrected chi connectivity index (χ3v) is 5.74. The van der Waals surface area contributed by atoms with Gasteiger partial charge in [0.25, 0.3) is 0 Å². The van der Waals surface area contributed by atoms with Gasteiger partial charge in [-0.05, 0) is 41.2 Å². The largest absolute Gasteiger partial charge is 0.353 e. The SMILES string of the molecule is O=C(Cc1cccc2ccccc12)NC1CCN(CCc2ccccc2)CC1. The van der Waals surface area contributed by atoms with Gasteiger partial charge >= 0.3 is 0 Å². The van der Waals surface area contributed by atoms with Gasteiger partial charge in [0.15, 0.2) is 0 Å². The summed E-state index contributed by atoms with van der Waals surface area (Å²) in [6, 6.07) is 25.4. The van der Waals surface area contributed by atoms with Crippen LogP contribution in [0.1, 0.15) is 24.0 Å². The predicted octanol–water partition coefficient (Wildman–Crippen LogP) is 4.21. The molecule has 3 aromatic carbocycles. The molecule has 3 aromatic rings. The molecule has 1 fully saturated rings. The van der Waals surface area contributed by atoms with Crippen molar-refractivity contribution >= 4 is 16.7 Å². The molecule has 1 heterocycles. The van der Waals surface area contributed by atoms with E-state index in [9.17, 15) is 4.79 Å². The zero-order valence-electron chi connectivity index (χ0n) is 16.3. The highest BCUT2D eigenvalue weighted by Gasteiger charge is 2.20. The molecule has 0 saturated carbocycles. The summed E-state index contributed by atoms with van der Waals surface area (Å²) in [7, 11) is 0. The third kappa shape index (κ3) is 4.79. The Bertz CT molecular complexity index is 909. The van der Waals surface area contributed by atoms with Gasteiger partial charge in [-0.25, -0.2) is 0 Å². The molecule has 0 atom stereocenters. The van der Waals surface area contributed by atoms with E-state index < -0.39 is 0 Å². The average molecular weight is 373 g/mol. The van der Waals surface area contributed by atoms with Crippen molar-refractivity contribution in [2.24, 2.45) is 0 Å². The van der Waals surface area contributed by atoms with Crippen LogP contribution in [0.15, 0.2) is 72.8 Å². The van der Waals surface area contributed by atoms with Crippen molar-refractivity contribution in [3.8, 4) is 0 Å². The fourth-order valence-corrected chi connectivity index (χ4v) is 4.13. The standard InChI is InChI=1S/C25H28N2O/c28-25(19-22-11-6-10-21-9-4-5-12-24(21)22)26-23-14-17-27(18-15-23)16-13-20-7-2-1-3-8-20/h1-12,23H,13-19H2,(H,26,28). The molecule has 1 saturated heterocycles. The van der Waals surface area contributed by atoms with Crippen LogP contribution >= 0.6 is 0 Å². The summed E-state index contributed by atoms with van der Waals surface area (Å²) in [6.07, 6.45) is 3.63. The van der Waals surface area contributed by atoms with Crippen LogP contribution in [-0.4, -0.2) is 36.5 Å². The van der Waals surface area contributed by atoms with E-state index in [0.29, 0.717) is 12.5 Å². The summed E-state index contributed by atoms with van der Waals surface area (Å²) in [5.74, 6) is 0.138. The molecule has 4 rings (SSSR count). The van der Waals surface area contributed by atoms with E-state index in [2.05, 4.69) is 64.8 Å². The lowest BCUT2D eigenvalue weighted by molar-refractivity contribution is -0.121. The van der Waals surface area contributed by atoms with E-state index >= 15 is 0 Å². The second-order valence-corrected chi connectivity index (χ2v) is 7.73. The zero-order valence-corrected chi connectivity index (χ0v) is 16.3. The summed E-state index contributed by atoms with van der Waals surface area (Å²) in [5, 5.41) is 5.63. The molecule has 0 spiro atoms. The number of benzene rings is 3. The van der Waals surface area contributed by atoms with Crippen molar-refractivity contribution in [1.29, 1.82) is 0 Å². The first-order valence-corrected chi connectivity index (χ1v) is 10.3. The predicted molar refractivity (Wildman–Crippen MR) is 115 cm³/mol. The summed E-state index contributed by atoms with van der Waals surface area (Å²) >= 11 is 0. The summed E-state index contributed by atoms with van der Waals surface area (Å²) in [6.45, 7) is 3.22. The van der Waals surface area contributed by atoms with Gasteiger partial charge in [0.2, 0.25) is 5.91 Å². The number of amides is 1. The molecule has 0 unspecified atom stereocenters. The average Bonchev–Trinajstić information content (AvgIpc) is 2.74. The van der Waals surface area contributed by atoms with Crippen LogP contribution in [0.5, 0.6) is 0 Å². The highest BCUT2D eigenvalue weighted by Crippen LogP contribution is 2.19. The van der Waals surface area contributed by atoms with E-state index in [1.54, 1.807) is 0 Å². The van der Waals surface area contributed by atoms with Crippen LogP contribution in [0, 0.1) is 0 Å². The lowest BCUT2D eigenvalue weighted by atomic mass is 10.0. The van der Waals surface area contributed by atoms with Crippen molar-refractivity contribution < 1.29 is 4.79 Å². The van der Waals surface area contributed by atoms with E-state index in [-0.39, 0.29) is 5.91 Å². The molecule has 0 aliphatic carbocycles. The number of carbonyl (C=O) groups excluding carboxylic acids is 1. The number of carbonyl (C=O) groups is 1. The fourth-order valence-electron chi connectivity index (χ4n) is 4.13. The van der Waals surface area contributed by atoms with Gasteiger partial charge in [0.1, 0.15) is 0 Å². The van der Waals surface area contributed by atoms with Gasteiger partial charge < -0.3 is 10.2 Å². The smallest absolute Gasteiger partial charge is 0.224 e. The molecule has 3 heteroatoms. The molecule has 0 bridgehead atoms. The van der Waals surface area contributed by atoms with Gasteiger partial charge in [-0.15, -0.1) is 0 Å². The fraction of sp³-hybridized carbons (Fsp3) is 0.320. The quantitative estimate of drug-likeness (QED) is 0.703. The Balaban J connectivity index is 1.25. The van der Waals surface area contributed by atoms with Crippen LogP contribution < -0.4 is 5.32 Å². The second kappa shape index (κ2) is 9.03. The van der Waals surface area contributed by atoms with Crippen molar-refractivity contribution in [3.05, 3.63) is 83.9 Å². The third-order valence-electron chi connectivity index (χ3n) is 5.74. The summed E-state index contributed by atoms with van der Waals surface area (Å²) < 4.78 is 0. The van der Waals surface area contributed by atoms with E-state index in [1.807, 2.05) is 18.2 Å². The van der Waals surface area contributed by atoms with Crippen LogP contribution in [-0.2, 0) is 17.6 Å². The maximum Gasteiger partial charge on any atom is 0.224 e. The maximum atomic E-state index is 12.6. The first kappa shape index (κ1) is 18.7. The lowest BCUT2D eigenvalue weighted by Gasteiger charge is -2.32. The number of fused-ring (bicyclic) bond motifs is 1. The number of rotatable bonds is 6. The Kier molecular flexibility index (Phi) is 6.03. The van der Waals surface area contributed by atoms with Crippen molar-refractivity contribution in [2.75, 3.05) is 19.6 Å². The number of hydrogen-bond donors (Lipinski definition) is 1. The molecular formula is C25H28N2O.